The van der Waals surface area contributed by atoms with Crippen molar-refractivity contribution in [2.24, 2.45) is 0 Å². The highest BCUT2D eigenvalue weighted by atomic mass is 16.5. The molecule has 2 rings (SSSR count). The molecule has 2 unspecified atom stereocenters. The van der Waals surface area contributed by atoms with E-state index < -0.39 is 0 Å². The van der Waals surface area contributed by atoms with E-state index in [-0.39, 0.29) is 5.60 Å². The van der Waals surface area contributed by atoms with Crippen LogP contribution < -0.4 is 5.32 Å². The van der Waals surface area contributed by atoms with E-state index >= 15 is 0 Å². The fraction of sp³-hybridized carbons (Fsp3) is 0.867. The fourth-order valence-corrected chi connectivity index (χ4v) is 3.18. The third-order valence-corrected chi connectivity index (χ3v) is 4.22. The van der Waals surface area contributed by atoms with Crippen LogP contribution in [0, 0.1) is 12.3 Å². The van der Waals surface area contributed by atoms with Gasteiger partial charge in [-0.1, -0.05) is 19.3 Å². The monoisotopic (exact) mass is 235 g/mol. The molecule has 1 N–H and O–H groups in total. The SMILES string of the molecule is C#CCC(C)NCC1CCC2(CCCCC2)O1. The topological polar surface area (TPSA) is 21.3 Å². The highest BCUT2D eigenvalue weighted by molar-refractivity contribution is 4.93. The van der Waals surface area contributed by atoms with Crippen LogP contribution in [0.3, 0.4) is 0 Å². The molecule has 2 fully saturated rings. The van der Waals surface area contributed by atoms with Gasteiger partial charge in [0.15, 0.2) is 0 Å². The van der Waals surface area contributed by atoms with Gasteiger partial charge in [0.2, 0.25) is 0 Å². The molecule has 1 heterocycles. The van der Waals surface area contributed by atoms with Crippen LogP contribution in [0.25, 0.3) is 0 Å². The number of hydrogen-bond donors (Lipinski definition) is 1. The van der Waals surface area contributed by atoms with Crippen LogP contribution in [-0.2, 0) is 4.74 Å². The van der Waals surface area contributed by atoms with Gasteiger partial charge in [-0.15, -0.1) is 12.3 Å². The van der Waals surface area contributed by atoms with Crippen LogP contribution in [0.15, 0.2) is 0 Å². The fourth-order valence-electron chi connectivity index (χ4n) is 3.18. The van der Waals surface area contributed by atoms with E-state index in [2.05, 4.69) is 18.2 Å². The standard InChI is InChI=1S/C15H25NO/c1-3-7-13(2)16-12-14-8-11-15(17-14)9-5-4-6-10-15/h1,13-14,16H,4-12H2,2H3. The highest BCUT2D eigenvalue weighted by Gasteiger charge is 2.40. The molecule has 0 radical (unpaired) electrons. The van der Waals surface area contributed by atoms with Crippen molar-refractivity contribution < 1.29 is 4.74 Å². The highest BCUT2D eigenvalue weighted by Crippen LogP contribution is 2.41. The molecule has 0 amide bonds. The van der Waals surface area contributed by atoms with Gasteiger partial charge in [-0.2, -0.15) is 0 Å². The second-order valence-electron chi connectivity index (χ2n) is 5.74. The normalized spacial score (nSPS) is 29.1. The van der Waals surface area contributed by atoms with E-state index in [1.165, 1.54) is 44.9 Å². The molecule has 1 aliphatic heterocycles. The number of rotatable bonds is 4. The first kappa shape index (κ1) is 12.9. The Labute approximate surface area is 105 Å². The van der Waals surface area contributed by atoms with Crippen LogP contribution in [-0.4, -0.2) is 24.3 Å². The quantitative estimate of drug-likeness (QED) is 0.757. The Bertz CT molecular complexity index is 275. The molecular formula is C15H25NO. The average molecular weight is 235 g/mol. The van der Waals surface area contributed by atoms with Crippen molar-refractivity contribution in [3.8, 4) is 12.3 Å². The maximum atomic E-state index is 6.30. The van der Waals surface area contributed by atoms with Gasteiger partial charge in [0.1, 0.15) is 0 Å². The molecule has 1 saturated carbocycles. The summed E-state index contributed by atoms with van der Waals surface area (Å²) in [5, 5.41) is 3.48. The predicted molar refractivity (Wildman–Crippen MR) is 70.8 cm³/mol. The molecule has 17 heavy (non-hydrogen) atoms. The molecule has 0 bridgehead atoms. The lowest BCUT2D eigenvalue weighted by Crippen LogP contribution is -2.37. The second kappa shape index (κ2) is 5.89. The lowest BCUT2D eigenvalue weighted by molar-refractivity contribution is -0.0628. The maximum absolute atomic E-state index is 6.30. The first-order chi connectivity index (χ1) is 8.24. The van der Waals surface area contributed by atoms with E-state index in [1.807, 2.05) is 0 Å². The summed E-state index contributed by atoms with van der Waals surface area (Å²) in [6.07, 6.45) is 15.7. The summed E-state index contributed by atoms with van der Waals surface area (Å²) in [6, 6.07) is 0.409. The van der Waals surface area contributed by atoms with Gasteiger partial charge in [-0.3, -0.25) is 0 Å². The minimum atomic E-state index is 0.250. The Kier molecular flexibility index (Phi) is 4.48. The Morgan fingerprint density at radius 2 is 2.12 bits per heavy atom. The summed E-state index contributed by atoms with van der Waals surface area (Å²) < 4.78 is 6.30. The lowest BCUT2D eigenvalue weighted by atomic mass is 9.83. The first-order valence-electron chi connectivity index (χ1n) is 7.09. The van der Waals surface area contributed by atoms with Crippen LogP contribution in [0.1, 0.15) is 58.3 Å². The van der Waals surface area contributed by atoms with Crippen LogP contribution in [0.5, 0.6) is 0 Å². The number of ether oxygens (including phenoxy) is 1. The van der Waals surface area contributed by atoms with Crippen molar-refractivity contribution in [1.82, 2.24) is 5.32 Å². The third kappa shape index (κ3) is 3.47. The minimum absolute atomic E-state index is 0.250. The number of terminal acetylenes is 1. The largest absolute Gasteiger partial charge is 0.370 e. The average Bonchev–Trinajstić information content (AvgIpc) is 2.71. The molecule has 0 aromatic carbocycles. The van der Waals surface area contributed by atoms with E-state index in [1.54, 1.807) is 0 Å². The van der Waals surface area contributed by atoms with Gasteiger partial charge >= 0.3 is 0 Å². The molecule has 2 heteroatoms. The second-order valence-corrected chi connectivity index (χ2v) is 5.74. The van der Waals surface area contributed by atoms with Crippen molar-refractivity contribution >= 4 is 0 Å². The predicted octanol–water partition coefficient (Wildman–Crippen LogP) is 2.87. The van der Waals surface area contributed by atoms with Gasteiger partial charge in [0.25, 0.3) is 0 Å². The molecule has 2 aliphatic rings. The van der Waals surface area contributed by atoms with Crippen LogP contribution in [0.2, 0.25) is 0 Å². The molecule has 1 saturated heterocycles. The summed E-state index contributed by atoms with van der Waals surface area (Å²) in [6.45, 7) is 3.11. The van der Waals surface area contributed by atoms with Crippen LogP contribution >= 0.6 is 0 Å². The molecule has 0 aromatic heterocycles. The molecule has 96 valence electrons. The van der Waals surface area contributed by atoms with Gasteiger partial charge in [-0.25, -0.2) is 0 Å². The van der Waals surface area contributed by atoms with Crippen molar-refractivity contribution in [3.05, 3.63) is 0 Å². The zero-order valence-electron chi connectivity index (χ0n) is 11.0. The molecule has 1 aliphatic carbocycles. The van der Waals surface area contributed by atoms with Crippen molar-refractivity contribution in [1.29, 1.82) is 0 Å². The van der Waals surface area contributed by atoms with Crippen molar-refractivity contribution in [2.45, 2.75) is 76.0 Å². The van der Waals surface area contributed by atoms with E-state index in [4.69, 9.17) is 11.2 Å². The molecular weight excluding hydrogens is 210 g/mol. The summed E-state index contributed by atoms with van der Waals surface area (Å²) in [5.74, 6) is 2.70. The first-order valence-corrected chi connectivity index (χ1v) is 7.09. The Morgan fingerprint density at radius 1 is 1.35 bits per heavy atom. The third-order valence-electron chi connectivity index (χ3n) is 4.22. The molecule has 2 nitrogen and oxygen atoms in total. The van der Waals surface area contributed by atoms with Crippen molar-refractivity contribution in [2.75, 3.05) is 6.54 Å². The Hall–Kier alpha value is -0.520. The van der Waals surface area contributed by atoms with E-state index in [9.17, 15) is 0 Å². The van der Waals surface area contributed by atoms with Crippen molar-refractivity contribution in [3.63, 3.8) is 0 Å². The van der Waals surface area contributed by atoms with Gasteiger partial charge in [0.05, 0.1) is 11.7 Å². The summed E-state index contributed by atoms with van der Waals surface area (Å²) >= 11 is 0. The molecule has 1 spiro atoms. The smallest absolute Gasteiger partial charge is 0.0708 e. The Balaban J connectivity index is 1.72. The number of nitrogens with one attached hydrogen (secondary N) is 1. The molecule has 2 atom stereocenters. The van der Waals surface area contributed by atoms with Gasteiger partial charge < -0.3 is 10.1 Å². The van der Waals surface area contributed by atoms with Gasteiger partial charge in [0, 0.05) is 19.0 Å². The van der Waals surface area contributed by atoms with Crippen LogP contribution in [0.4, 0.5) is 0 Å². The van der Waals surface area contributed by atoms with E-state index in [0.717, 1.165) is 13.0 Å². The minimum Gasteiger partial charge on any atom is -0.370 e. The van der Waals surface area contributed by atoms with E-state index in [0.29, 0.717) is 12.1 Å². The summed E-state index contributed by atoms with van der Waals surface area (Å²) in [4.78, 5) is 0. The Morgan fingerprint density at radius 3 is 2.82 bits per heavy atom. The lowest BCUT2D eigenvalue weighted by Gasteiger charge is -2.33. The summed E-state index contributed by atoms with van der Waals surface area (Å²) in [5.41, 5.74) is 0.250. The zero-order chi connectivity index (χ0) is 12.1. The maximum Gasteiger partial charge on any atom is 0.0708 e. The molecule has 0 aromatic rings. The van der Waals surface area contributed by atoms with Gasteiger partial charge in [-0.05, 0) is 32.6 Å². The zero-order valence-corrected chi connectivity index (χ0v) is 11.0. The number of hydrogen-bond acceptors (Lipinski definition) is 2. The summed E-state index contributed by atoms with van der Waals surface area (Å²) in [7, 11) is 0.